The van der Waals surface area contributed by atoms with Crippen molar-refractivity contribution in [3.05, 3.63) is 61.6 Å². The SMILES string of the molecule is O=C(Nc1ccc(-c2cn3c(n2)SCC3)cc1)C1CCN(c2cc(-n3ccnc3)ncn2)CC1. The number of aryl methyl sites for hydroxylation is 1. The summed E-state index contributed by atoms with van der Waals surface area (Å²) in [6.07, 6.45) is 10.5. The number of hydrogen-bond acceptors (Lipinski definition) is 7. The molecule has 0 radical (unpaired) electrons. The first-order valence-corrected chi connectivity index (χ1v) is 12.4. The second-order valence-corrected chi connectivity index (χ2v) is 9.54. The summed E-state index contributed by atoms with van der Waals surface area (Å²) in [6.45, 7) is 2.57. The Balaban J connectivity index is 1.05. The summed E-state index contributed by atoms with van der Waals surface area (Å²) >= 11 is 1.79. The van der Waals surface area contributed by atoms with Crippen molar-refractivity contribution in [2.45, 2.75) is 24.5 Å². The summed E-state index contributed by atoms with van der Waals surface area (Å²) in [5.41, 5.74) is 2.86. The second kappa shape index (κ2) is 8.94. The number of imidazole rings is 2. The van der Waals surface area contributed by atoms with Crippen molar-refractivity contribution in [1.82, 2.24) is 29.1 Å². The molecule has 1 N–H and O–H groups in total. The number of nitrogens with zero attached hydrogens (tertiary/aromatic N) is 7. The zero-order chi connectivity index (χ0) is 22.9. The number of amides is 1. The Morgan fingerprint density at radius 3 is 2.65 bits per heavy atom. The van der Waals surface area contributed by atoms with E-state index in [1.165, 1.54) is 0 Å². The normalized spacial score (nSPS) is 15.9. The third kappa shape index (κ3) is 4.16. The minimum absolute atomic E-state index is 0.0148. The predicted octanol–water partition coefficient (Wildman–Crippen LogP) is 3.49. The molecule has 2 aliphatic rings. The molecule has 0 bridgehead atoms. The van der Waals surface area contributed by atoms with Crippen LogP contribution in [-0.4, -0.2) is 53.8 Å². The molecule has 172 valence electrons. The monoisotopic (exact) mass is 472 g/mol. The Morgan fingerprint density at radius 2 is 1.88 bits per heavy atom. The van der Waals surface area contributed by atoms with Gasteiger partial charge in [-0.1, -0.05) is 23.9 Å². The predicted molar refractivity (Wildman–Crippen MR) is 131 cm³/mol. The number of benzene rings is 1. The molecule has 1 aromatic carbocycles. The van der Waals surface area contributed by atoms with Gasteiger partial charge < -0.3 is 14.8 Å². The Hall–Kier alpha value is -3.66. The average Bonchev–Trinajstić information content (AvgIpc) is 3.63. The van der Waals surface area contributed by atoms with Crippen LogP contribution in [0.4, 0.5) is 11.5 Å². The highest BCUT2D eigenvalue weighted by atomic mass is 32.2. The van der Waals surface area contributed by atoms with Crippen LogP contribution in [0.25, 0.3) is 17.1 Å². The molecule has 0 aliphatic carbocycles. The fourth-order valence-corrected chi connectivity index (χ4v) is 5.38. The van der Waals surface area contributed by atoms with Crippen LogP contribution in [0.2, 0.25) is 0 Å². The highest BCUT2D eigenvalue weighted by Gasteiger charge is 2.26. The van der Waals surface area contributed by atoms with Crippen molar-refractivity contribution in [3.8, 4) is 17.1 Å². The average molecular weight is 473 g/mol. The van der Waals surface area contributed by atoms with Crippen molar-refractivity contribution in [3.63, 3.8) is 0 Å². The molecule has 4 aromatic rings. The van der Waals surface area contributed by atoms with E-state index in [0.29, 0.717) is 0 Å². The van der Waals surface area contributed by atoms with Gasteiger partial charge in [-0.2, -0.15) is 0 Å². The quantitative estimate of drug-likeness (QED) is 0.475. The number of piperidine rings is 1. The van der Waals surface area contributed by atoms with E-state index in [4.69, 9.17) is 4.98 Å². The van der Waals surface area contributed by atoms with Gasteiger partial charge in [-0.25, -0.2) is 19.9 Å². The maximum Gasteiger partial charge on any atom is 0.227 e. The molecule has 2 aliphatic heterocycles. The molecule has 3 aromatic heterocycles. The fraction of sp³-hybridized carbons (Fsp3) is 0.292. The maximum absolute atomic E-state index is 12.9. The van der Waals surface area contributed by atoms with E-state index in [2.05, 4.69) is 35.9 Å². The van der Waals surface area contributed by atoms with E-state index < -0.39 is 0 Å². The van der Waals surface area contributed by atoms with Crippen LogP contribution >= 0.6 is 11.8 Å². The van der Waals surface area contributed by atoms with E-state index in [1.807, 2.05) is 41.1 Å². The molecule has 10 heteroatoms. The van der Waals surface area contributed by atoms with Gasteiger partial charge in [0, 0.05) is 67.2 Å². The first-order valence-electron chi connectivity index (χ1n) is 11.4. The van der Waals surface area contributed by atoms with Gasteiger partial charge >= 0.3 is 0 Å². The van der Waals surface area contributed by atoms with Gasteiger partial charge in [-0.15, -0.1) is 0 Å². The largest absolute Gasteiger partial charge is 0.356 e. The van der Waals surface area contributed by atoms with E-state index in [0.717, 1.165) is 72.0 Å². The minimum atomic E-state index is -0.0148. The lowest BCUT2D eigenvalue weighted by molar-refractivity contribution is -0.120. The molecule has 1 fully saturated rings. The Bertz CT molecular complexity index is 1270. The molecule has 6 rings (SSSR count). The fourth-order valence-electron chi connectivity index (χ4n) is 4.43. The van der Waals surface area contributed by atoms with Gasteiger partial charge in [0.25, 0.3) is 0 Å². The van der Waals surface area contributed by atoms with Crippen molar-refractivity contribution in [2.24, 2.45) is 5.92 Å². The van der Waals surface area contributed by atoms with Crippen molar-refractivity contribution in [1.29, 1.82) is 0 Å². The third-order valence-electron chi connectivity index (χ3n) is 6.35. The zero-order valence-electron chi connectivity index (χ0n) is 18.5. The van der Waals surface area contributed by atoms with Gasteiger partial charge in [0.05, 0.1) is 5.69 Å². The van der Waals surface area contributed by atoms with Crippen LogP contribution in [0.3, 0.4) is 0 Å². The summed E-state index contributed by atoms with van der Waals surface area (Å²) in [7, 11) is 0. The van der Waals surface area contributed by atoms with Crippen molar-refractivity contribution >= 4 is 29.2 Å². The molecule has 0 unspecified atom stereocenters. The molecule has 34 heavy (non-hydrogen) atoms. The summed E-state index contributed by atoms with van der Waals surface area (Å²) in [6, 6.07) is 9.91. The van der Waals surface area contributed by atoms with Crippen LogP contribution in [0, 0.1) is 5.92 Å². The van der Waals surface area contributed by atoms with Gasteiger partial charge in [-0.3, -0.25) is 9.36 Å². The van der Waals surface area contributed by atoms with Gasteiger partial charge in [0.15, 0.2) is 5.16 Å². The third-order valence-corrected chi connectivity index (χ3v) is 7.32. The highest BCUT2D eigenvalue weighted by Crippen LogP contribution is 2.30. The summed E-state index contributed by atoms with van der Waals surface area (Å²) < 4.78 is 4.05. The van der Waals surface area contributed by atoms with Gasteiger partial charge in [0.2, 0.25) is 5.91 Å². The molecule has 0 saturated carbocycles. The smallest absolute Gasteiger partial charge is 0.227 e. The van der Waals surface area contributed by atoms with Gasteiger partial charge in [0.1, 0.15) is 24.3 Å². The van der Waals surface area contributed by atoms with E-state index >= 15 is 0 Å². The Labute approximate surface area is 201 Å². The number of carbonyl (C=O) groups excluding carboxylic acids is 1. The molecule has 9 nitrogen and oxygen atoms in total. The minimum Gasteiger partial charge on any atom is -0.356 e. The number of nitrogens with one attached hydrogen (secondary N) is 1. The first-order chi connectivity index (χ1) is 16.7. The van der Waals surface area contributed by atoms with Crippen molar-refractivity contribution in [2.75, 3.05) is 29.1 Å². The number of thioether (sulfide) groups is 1. The number of fused-ring (bicyclic) bond motifs is 1. The van der Waals surface area contributed by atoms with Crippen LogP contribution < -0.4 is 10.2 Å². The van der Waals surface area contributed by atoms with Crippen molar-refractivity contribution < 1.29 is 4.79 Å². The summed E-state index contributed by atoms with van der Waals surface area (Å²) in [5, 5.41) is 4.17. The molecule has 0 spiro atoms. The molecular formula is C24H24N8OS. The molecule has 1 saturated heterocycles. The number of anilines is 2. The number of carbonyl (C=O) groups is 1. The molecule has 1 amide bonds. The first kappa shape index (κ1) is 20.9. The number of hydrogen-bond donors (Lipinski definition) is 1. The topological polar surface area (TPSA) is 93.8 Å². The van der Waals surface area contributed by atoms with Gasteiger partial charge in [-0.05, 0) is 25.0 Å². The van der Waals surface area contributed by atoms with E-state index in [1.54, 1.807) is 30.6 Å². The van der Waals surface area contributed by atoms with E-state index in [-0.39, 0.29) is 11.8 Å². The lowest BCUT2D eigenvalue weighted by atomic mass is 9.95. The standard InChI is InChI=1S/C24H24N8OS/c33-23(28-19-3-1-17(2-4-19)20-14-31-11-12-34-24(31)29-20)18-5-8-30(9-6-18)21-13-22(27-15-26-21)32-10-7-25-16-32/h1-4,7,10,13-16,18H,5-6,8-9,11-12H2,(H,28,33). The summed E-state index contributed by atoms with van der Waals surface area (Å²) in [4.78, 5) is 32.6. The van der Waals surface area contributed by atoms with Crippen LogP contribution in [0.15, 0.2) is 66.7 Å². The van der Waals surface area contributed by atoms with Crippen LogP contribution in [0.1, 0.15) is 12.8 Å². The summed E-state index contributed by atoms with van der Waals surface area (Å²) in [5.74, 6) is 2.81. The molecule has 0 atom stereocenters. The molecule has 5 heterocycles. The maximum atomic E-state index is 12.9. The Kier molecular flexibility index (Phi) is 5.50. The lowest BCUT2D eigenvalue weighted by Crippen LogP contribution is -2.38. The van der Waals surface area contributed by atoms with E-state index in [9.17, 15) is 4.79 Å². The highest BCUT2D eigenvalue weighted by molar-refractivity contribution is 7.99. The number of aromatic nitrogens is 6. The zero-order valence-corrected chi connectivity index (χ0v) is 19.4. The second-order valence-electron chi connectivity index (χ2n) is 8.48. The lowest BCUT2D eigenvalue weighted by Gasteiger charge is -2.32. The van der Waals surface area contributed by atoms with Crippen LogP contribution in [-0.2, 0) is 11.3 Å². The molecular weight excluding hydrogens is 448 g/mol. The Morgan fingerprint density at radius 1 is 1.06 bits per heavy atom. The number of rotatable bonds is 5. The van der Waals surface area contributed by atoms with Crippen LogP contribution in [0.5, 0.6) is 0 Å².